The van der Waals surface area contributed by atoms with E-state index in [1.165, 1.54) is 0 Å². The minimum Gasteiger partial charge on any atom is -0.376 e. The van der Waals surface area contributed by atoms with Crippen LogP contribution in [0.2, 0.25) is 0 Å². The number of nitrogens with one attached hydrogen (secondary N) is 1. The topological polar surface area (TPSA) is 103 Å². The number of halogens is 3. The average Bonchev–Trinajstić information content (AvgIpc) is 2.25. The van der Waals surface area contributed by atoms with Crippen molar-refractivity contribution in [2.45, 2.75) is 6.54 Å². The van der Waals surface area contributed by atoms with Crippen molar-refractivity contribution in [1.29, 1.82) is 0 Å². The van der Waals surface area contributed by atoms with Crippen molar-refractivity contribution in [3.8, 4) is 0 Å². The fraction of sp³-hybridized carbons (Fsp3) is 0.100. The van der Waals surface area contributed by atoms with E-state index >= 15 is 0 Å². The number of nitrogens with zero attached hydrogens (tertiary/aromatic N) is 3. The van der Waals surface area contributed by atoms with E-state index in [1.807, 2.05) is 12.1 Å². The molecule has 6 nitrogen and oxygen atoms in total. The number of hydrogen-bond acceptors (Lipinski definition) is 6. The van der Waals surface area contributed by atoms with Gasteiger partial charge in [0.1, 0.15) is 0 Å². The summed E-state index contributed by atoms with van der Waals surface area (Å²) in [5.74, 6) is 0.697. The first kappa shape index (κ1) is 14.5. The van der Waals surface area contributed by atoms with Crippen LogP contribution in [-0.4, -0.2) is 15.0 Å². The summed E-state index contributed by atoms with van der Waals surface area (Å²) >= 11 is 10.4. The molecule has 0 radical (unpaired) electrons. The van der Waals surface area contributed by atoms with E-state index < -0.39 is 0 Å². The van der Waals surface area contributed by atoms with Gasteiger partial charge in [0, 0.05) is 13.4 Å². The number of nitrogen functional groups attached to an aromatic ring is 2. The fourth-order valence-corrected chi connectivity index (χ4v) is 3.95. The maximum absolute atomic E-state index is 5.51. The molecule has 0 saturated heterocycles. The molecule has 0 atom stereocenters. The van der Waals surface area contributed by atoms with Crippen molar-refractivity contribution in [3.05, 3.63) is 31.4 Å². The molecular weight excluding hydrogens is 444 g/mol. The summed E-state index contributed by atoms with van der Waals surface area (Å²) in [6.45, 7) is 0.385. The van der Waals surface area contributed by atoms with E-state index in [-0.39, 0.29) is 11.9 Å². The van der Waals surface area contributed by atoms with Crippen molar-refractivity contribution >= 4 is 65.4 Å². The standard InChI is InChI=1S/C10H9Br3N6/c11-4-1-5(12)8(6(13)2-4)16-3-7-17-9(14)19-10(15)18-7/h1-2,16H,3H2,(H4,14,15,17,18,19). The lowest BCUT2D eigenvalue weighted by Crippen LogP contribution is -2.10. The van der Waals surface area contributed by atoms with Gasteiger partial charge in [0.15, 0.2) is 5.82 Å². The highest BCUT2D eigenvalue weighted by Gasteiger charge is 2.08. The second-order valence-electron chi connectivity index (χ2n) is 3.57. The predicted molar refractivity (Wildman–Crippen MR) is 85.5 cm³/mol. The van der Waals surface area contributed by atoms with E-state index in [1.54, 1.807) is 0 Å². The lowest BCUT2D eigenvalue weighted by molar-refractivity contribution is 0.923. The van der Waals surface area contributed by atoms with Gasteiger partial charge in [0.25, 0.3) is 0 Å². The van der Waals surface area contributed by atoms with E-state index in [9.17, 15) is 0 Å². The van der Waals surface area contributed by atoms with Gasteiger partial charge >= 0.3 is 0 Å². The van der Waals surface area contributed by atoms with Gasteiger partial charge in [-0.2, -0.15) is 15.0 Å². The molecule has 1 heterocycles. The Labute approximate surface area is 134 Å². The van der Waals surface area contributed by atoms with E-state index in [4.69, 9.17) is 11.5 Å². The molecule has 19 heavy (non-hydrogen) atoms. The third-order valence-corrected chi connectivity index (χ3v) is 3.86. The van der Waals surface area contributed by atoms with Crippen LogP contribution in [0.5, 0.6) is 0 Å². The van der Waals surface area contributed by atoms with Crippen molar-refractivity contribution in [2.24, 2.45) is 0 Å². The summed E-state index contributed by atoms with van der Waals surface area (Å²) in [6, 6.07) is 3.87. The first-order chi connectivity index (χ1) is 8.95. The first-order valence-electron chi connectivity index (χ1n) is 5.10. The molecule has 0 unspecified atom stereocenters. The lowest BCUT2D eigenvalue weighted by Gasteiger charge is -2.11. The Morgan fingerprint density at radius 3 is 2.00 bits per heavy atom. The normalized spacial score (nSPS) is 10.5. The highest BCUT2D eigenvalue weighted by atomic mass is 79.9. The molecule has 0 spiro atoms. The Morgan fingerprint density at radius 2 is 1.47 bits per heavy atom. The SMILES string of the molecule is Nc1nc(N)nc(CNc2c(Br)cc(Br)cc2Br)n1. The van der Waals surface area contributed by atoms with Gasteiger partial charge < -0.3 is 16.8 Å². The van der Waals surface area contributed by atoms with Gasteiger partial charge in [-0.1, -0.05) is 15.9 Å². The van der Waals surface area contributed by atoms with Gasteiger partial charge in [0.2, 0.25) is 11.9 Å². The first-order valence-corrected chi connectivity index (χ1v) is 7.48. The monoisotopic (exact) mass is 450 g/mol. The van der Waals surface area contributed by atoms with Crippen LogP contribution in [0.1, 0.15) is 5.82 Å². The number of aromatic nitrogens is 3. The van der Waals surface area contributed by atoms with Crippen LogP contribution >= 0.6 is 47.8 Å². The van der Waals surface area contributed by atoms with E-state index in [0.717, 1.165) is 19.1 Å². The van der Waals surface area contributed by atoms with Gasteiger partial charge in [-0.05, 0) is 44.0 Å². The van der Waals surface area contributed by atoms with Crippen LogP contribution in [0.25, 0.3) is 0 Å². The summed E-state index contributed by atoms with van der Waals surface area (Å²) in [6.07, 6.45) is 0. The summed E-state index contributed by atoms with van der Waals surface area (Å²) in [5.41, 5.74) is 11.9. The number of hydrogen-bond donors (Lipinski definition) is 3. The maximum atomic E-state index is 5.51. The Bertz CT molecular complexity index is 575. The van der Waals surface area contributed by atoms with E-state index in [2.05, 4.69) is 68.1 Å². The van der Waals surface area contributed by atoms with Crippen molar-refractivity contribution in [2.75, 3.05) is 16.8 Å². The minimum atomic E-state index is 0.109. The number of benzene rings is 1. The highest BCUT2D eigenvalue weighted by molar-refractivity contribution is 9.11. The predicted octanol–water partition coefficient (Wildman–Crippen LogP) is 2.94. The van der Waals surface area contributed by atoms with E-state index in [0.29, 0.717) is 12.4 Å². The lowest BCUT2D eigenvalue weighted by atomic mass is 10.3. The Morgan fingerprint density at radius 1 is 0.947 bits per heavy atom. The molecule has 0 saturated carbocycles. The zero-order chi connectivity index (χ0) is 14.0. The molecule has 0 fully saturated rings. The minimum absolute atomic E-state index is 0.109. The molecule has 100 valence electrons. The molecule has 2 aromatic rings. The third-order valence-electron chi connectivity index (χ3n) is 2.15. The summed E-state index contributed by atoms with van der Waals surface area (Å²) in [7, 11) is 0. The largest absolute Gasteiger partial charge is 0.376 e. The summed E-state index contributed by atoms with van der Waals surface area (Å²) < 4.78 is 2.78. The third kappa shape index (κ3) is 3.77. The highest BCUT2D eigenvalue weighted by Crippen LogP contribution is 2.34. The second-order valence-corrected chi connectivity index (χ2v) is 6.19. The van der Waals surface area contributed by atoms with Crippen molar-refractivity contribution in [3.63, 3.8) is 0 Å². The molecule has 0 amide bonds. The molecule has 0 aliphatic carbocycles. The van der Waals surface area contributed by atoms with Crippen LogP contribution in [-0.2, 0) is 6.54 Å². The van der Waals surface area contributed by atoms with Crippen LogP contribution in [0.3, 0.4) is 0 Å². The molecular formula is C10H9Br3N6. The number of nitrogens with two attached hydrogens (primary N) is 2. The van der Waals surface area contributed by atoms with Crippen LogP contribution in [0.4, 0.5) is 17.6 Å². The smallest absolute Gasteiger partial charge is 0.225 e. The molecule has 0 aliphatic heterocycles. The Balaban J connectivity index is 2.19. The van der Waals surface area contributed by atoms with Gasteiger partial charge in [-0.3, -0.25) is 0 Å². The quantitative estimate of drug-likeness (QED) is 0.661. The molecule has 9 heteroatoms. The zero-order valence-corrected chi connectivity index (χ0v) is 14.3. The summed E-state index contributed by atoms with van der Waals surface area (Å²) in [5, 5.41) is 3.20. The zero-order valence-electron chi connectivity index (χ0n) is 9.49. The number of anilines is 3. The van der Waals surface area contributed by atoms with Crippen LogP contribution in [0.15, 0.2) is 25.6 Å². The van der Waals surface area contributed by atoms with Crippen molar-refractivity contribution in [1.82, 2.24) is 15.0 Å². The van der Waals surface area contributed by atoms with Gasteiger partial charge in [0.05, 0.1) is 12.2 Å². The van der Waals surface area contributed by atoms with Crippen LogP contribution < -0.4 is 16.8 Å². The average molecular weight is 453 g/mol. The molecule has 2 rings (SSSR count). The van der Waals surface area contributed by atoms with Crippen LogP contribution in [0, 0.1) is 0 Å². The Hall–Kier alpha value is -0.930. The number of rotatable bonds is 3. The molecule has 0 aliphatic rings. The molecule has 1 aromatic heterocycles. The van der Waals surface area contributed by atoms with Gasteiger partial charge in [-0.25, -0.2) is 0 Å². The molecule has 1 aromatic carbocycles. The Kier molecular flexibility index (Phi) is 4.58. The molecule has 5 N–H and O–H groups in total. The van der Waals surface area contributed by atoms with Gasteiger partial charge in [-0.15, -0.1) is 0 Å². The molecule has 0 bridgehead atoms. The maximum Gasteiger partial charge on any atom is 0.225 e. The van der Waals surface area contributed by atoms with Crippen molar-refractivity contribution < 1.29 is 0 Å². The summed E-state index contributed by atoms with van der Waals surface area (Å²) in [4.78, 5) is 11.7. The fourth-order valence-electron chi connectivity index (χ4n) is 1.41. The second kappa shape index (κ2) is 6.02.